The van der Waals surface area contributed by atoms with Gasteiger partial charge in [-0.05, 0) is 91.4 Å². The molecular formula is C27H33F3O3. The minimum absolute atomic E-state index is 0.148. The highest BCUT2D eigenvalue weighted by atomic mass is 19.4. The molecule has 33 heavy (non-hydrogen) atoms. The molecule has 0 radical (unpaired) electrons. The van der Waals surface area contributed by atoms with Crippen molar-refractivity contribution in [3.8, 4) is 5.75 Å². The first kappa shape index (κ1) is 23.0. The molecule has 5 rings (SSSR count). The van der Waals surface area contributed by atoms with Gasteiger partial charge in [0.1, 0.15) is 5.75 Å². The first-order valence-electron chi connectivity index (χ1n) is 12.1. The van der Waals surface area contributed by atoms with E-state index < -0.39 is 12.5 Å². The summed E-state index contributed by atoms with van der Waals surface area (Å²) in [5.74, 6) is 1.23. The summed E-state index contributed by atoms with van der Waals surface area (Å²) in [5, 5.41) is 21.5. The van der Waals surface area contributed by atoms with Crippen molar-refractivity contribution in [2.24, 2.45) is 28.6 Å². The average molecular weight is 463 g/mol. The van der Waals surface area contributed by atoms with Crippen LogP contribution in [0.1, 0.15) is 64.4 Å². The van der Waals surface area contributed by atoms with Gasteiger partial charge in [-0.25, -0.2) is 0 Å². The number of alkyl halides is 3. The summed E-state index contributed by atoms with van der Waals surface area (Å²) in [6.45, 7) is 4.60. The molecule has 1 aromatic rings. The van der Waals surface area contributed by atoms with Crippen LogP contribution in [0, 0.1) is 28.6 Å². The van der Waals surface area contributed by atoms with Gasteiger partial charge in [0.15, 0.2) is 0 Å². The van der Waals surface area contributed by atoms with E-state index in [9.17, 15) is 23.4 Å². The van der Waals surface area contributed by atoms with Crippen molar-refractivity contribution in [3.05, 3.63) is 47.1 Å². The summed E-state index contributed by atoms with van der Waals surface area (Å²) < 4.78 is 41.3. The van der Waals surface area contributed by atoms with Crippen molar-refractivity contribution < 1.29 is 28.1 Å². The molecule has 0 amide bonds. The molecule has 3 saturated carbocycles. The van der Waals surface area contributed by atoms with Gasteiger partial charge in [-0.1, -0.05) is 43.7 Å². The Kier molecular flexibility index (Phi) is 5.48. The summed E-state index contributed by atoms with van der Waals surface area (Å²) >= 11 is 0. The van der Waals surface area contributed by atoms with E-state index in [1.807, 2.05) is 6.08 Å². The average Bonchev–Trinajstić information content (AvgIpc) is 2.99. The van der Waals surface area contributed by atoms with Crippen LogP contribution in [0.5, 0.6) is 5.75 Å². The van der Waals surface area contributed by atoms with Gasteiger partial charge >= 0.3 is 6.36 Å². The van der Waals surface area contributed by atoms with Gasteiger partial charge in [0.25, 0.3) is 0 Å². The van der Waals surface area contributed by atoms with Crippen LogP contribution in [0.4, 0.5) is 13.2 Å². The fourth-order valence-electron chi connectivity index (χ4n) is 7.62. The third-order valence-corrected chi connectivity index (χ3v) is 9.41. The van der Waals surface area contributed by atoms with E-state index >= 15 is 0 Å². The van der Waals surface area contributed by atoms with E-state index in [1.54, 1.807) is 12.1 Å². The van der Waals surface area contributed by atoms with Crippen LogP contribution in [0.3, 0.4) is 0 Å². The quantitative estimate of drug-likeness (QED) is 0.510. The maximum absolute atomic E-state index is 12.4. The fraction of sp³-hybridized carbons (Fsp3) is 0.630. The van der Waals surface area contributed by atoms with Crippen LogP contribution in [0.2, 0.25) is 0 Å². The molecule has 180 valence electrons. The first-order chi connectivity index (χ1) is 15.5. The number of aliphatic hydroxyl groups excluding tert-OH is 2. The molecule has 4 aliphatic carbocycles. The molecule has 7 atom stereocenters. The Labute approximate surface area is 193 Å². The number of hydrogen-bond donors (Lipinski definition) is 2. The number of hydrogen-bond acceptors (Lipinski definition) is 3. The summed E-state index contributed by atoms with van der Waals surface area (Å²) in [5.41, 5.74) is 3.15. The van der Waals surface area contributed by atoms with Gasteiger partial charge in [0, 0.05) is 5.41 Å². The van der Waals surface area contributed by atoms with E-state index in [0.29, 0.717) is 17.8 Å². The Hall–Kier alpha value is -1.79. The number of benzene rings is 1. The van der Waals surface area contributed by atoms with Crippen molar-refractivity contribution in [2.75, 3.05) is 0 Å². The summed E-state index contributed by atoms with van der Waals surface area (Å²) in [6, 6.07) is 5.85. The first-order valence-corrected chi connectivity index (χ1v) is 12.1. The zero-order chi connectivity index (χ0) is 23.6. The van der Waals surface area contributed by atoms with E-state index in [-0.39, 0.29) is 22.7 Å². The Morgan fingerprint density at radius 1 is 1.00 bits per heavy atom. The maximum Gasteiger partial charge on any atom is 0.573 e. The van der Waals surface area contributed by atoms with Crippen LogP contribution < -0.4 is 4.74 Å². The summed E-state index contributed by atoms with van der Waals surface area (Å²) in [4.78, 5) is 0. The Bertz CT molecular complexity index is 966. The molecule has 1 aromatic carbocycles. The number of rotatable bonds is 2. The van der Waals surface area contributed by atoms with Crippen molar-refractivity contribution in [2.45, 2.75) is 77.4 Å². The lowest BCUT2D eigenvalue weighted by atomic mass is 9.48. The molecule has 0 heterocycles. The predicted molar refractivity (Wildman–Crippen MR) is 120 cm³/mol. The summed E-state index contributed by atoms with van der Waals surface area (Å²) in [7, 11) is 0. The van der Waals surface area contributed by atoms with Gasteiger partial charge in [0.2, 0.25) is 0 Å². The van der Waals surface area contributed by atoms with Crippen molar-refractivity contribution >= 4 is 6.08 Å². The Morgan fingerprint density at radius 3 is 2.42 bits per heavy atom. The Morgan fingerprint density at radius 2 is 1.73 bits per heavy atom. The number of fused-ring (bicyclic) bond motifs is 5. The number of aliphatic hydroxyl groups is 2. The Balaban J connectivity index is 1.39. The molecule has 3 nitrogen and oxygen atoms in total. The number of halogens is 3. The second kappa shape index (κ2) is 7.88. The minimum atomic E-state index is -4.70. The van der Waals surface area contributed by atoms with Crippen LogP contribution in [-0.2, 0) is 0 Å². The fourth-order valence-corrected chi connectivity index (χ4v) is 7.62. The molecule has 0 bridgehead atoms. The molecular weight excluding hydrogens is 429 g/mol. The van der Waals surface area contributed by atoms with Crippen molar-refractivity contribution in [3.63, 3.8) is 0 Å². The normalized spacial score (nSPS) is 41.7. The van der Waals surface area contributed by atoms with Crippen LogP contribution in [0.25, 0.3) is 6.08 Å². The number of ether oxygens (including phenoxy) is 1. The molecule has 6 heteroatoms. The van der Waals surface area contributed by atoms with Crippen molar-refractivity contribution in [1.82, 2.24) is 0 Å². The predicted octanol–water partition coefficient (Wildman–Crippen LogP) is 6.26. The van der Waals surface area contributed by atoms with Crippen LogP contribution >= 0.6 is 0 Å². The molecule has 4 aliphatic rings. The third kappa shape index (κ3) is 3.93. The minimum Gasteiger partial charge on any atom is -0.406 e. The SMILES string of the molecule is C[C@@]12CC[C@@H]3[C@H](CC=C4C[C@@H](O)CC[C@@]43C)[C@H]1C/C(=C/c1ccc(OC(F)(F)F)cc1)[C@@H]2O. The second-order valence-corrected chi connectivity index (χ2v) is 11.1. The molecule has 0 aliphatic heterocycles. The van der Waals surface area contributed by atoms with Gasteiger partial charge in [-0.2, -0.15) is 0 Å². The largest absolute Gasteiger partial charge is 0.573 e. The standard InChI is InChI=1S/C27H33F3O3/c1-25-11-9-19(31)15-18(25)5-8-21-22(25)10-12-26(2)23(21)14-17(24(26)32)13-16-3-6-20(7-4-16)33-27(28,29)30/h3-7,13,19,21-24,31-32H,8-12,14-15H2,1-2H3/b17-13-/t19-,21-,22+,23+,24-,25-,26+/m0/s1. The highest BCUT2D eigenvalue weighted by Gasteiger charge is 2.59. The molecule has 0 spiro atoms. The second-order valence-electron chi connectivity index (χ2n) is 11.1. The topological polar surface area (TPSA) is 49.7 Å². The molecule has 3 fully saturated rings. The summed E-state index contributed by atoms with van der Waals surface area (Å²) in [6.07, 6.45) is 5.44. The number of allylic oxidation sites excluding steroid dienone is 1. The zero-order valence-corrected chi connectivity index (χ0v) is 19.2. The lowest BCUT2D eigenvalue weighted by Gasteiger charge is -2.57. The molecule has 0 aromatic heterocycles. The van der Waals surface area contributed by atoms with Crippen LogP contribution in [-0.4, -0.2) is 28.8 Å². The molecule has 2 N–H and O–H groups in total. The van der Waals surface area contributed by atoms with Crippen molar-refractivity contribution in [1.29, 1.82) is 0 Å². The monoisotopic (exact) mass is 462 g/mol. The van der Waals surface area contributed by atoms with E-state index in [2.05, 4.69) is 24.7 Å². The third-order valence-electron chi connectivity index (χ3n) is 9.41. The van der Waals surface area contributed by atoms with E-state index in [4.69, 9.17) is 0 Å². The molecule has 0 saturated heterocycles. The van der Waals surface area contributed by atoms with Gasteiger partial charge in [-0.15, -0.1) is 13.2 Å². The highest BCUT2D eigenvalue weighted by Crippen LogP contribution is 2.65. The lowest BCUT2D eigenvalue weighted by Crippen LogP contribution is -2.51. The van der Waals surface area contributed by atoms with Gasteiger partial charge in [0.05, 0.1) is 12.2 Å². The van der Waals surface area contributed by atoms with Crippen LogP contribution in [0.15, 0.2) is 41.5 Å². The van der Waals surface area contributed by atoms with Gasteiger partial charge in [-0.3, -0.25) is 0 Å². The zero-order valence-electron chi connectivity index (χ0n) is 19.2. The highest BCUT2D eigenvalue weighted by molar-refractivity contribution is 5.56. The van der Waals surface area contributed by atoms with Gasteiger partial charge < -0.3 is 14.9 Å². The van der Waals surface area contributed by atoms with E-state index in [0.717, 1.165) is 56.1 Å². The smallest absolute Gasteiger partial charge is 0.406 e. The molecule has 0 unspecified atom stereocenters. The van der Waals surface area contributed by atoms with E-state index in [1.165, 1.54) is 17.7 Å². The maximum atomic E-state index is 12.4. The lowest BCUT2D eigenvalue weighted by molar-refractivity contribution is -0.274.